The molecule has 3 N–H and O–H groups in total. The van der Waals surface area contributed by atoms with E-state index in [2.05, 4.69) is 10.5 Å². The molecule has 3 aromatic carbocycles. The van der Waals surface area contributed by atoms with E-state index in [4.69, 9.17) is 10.5 Å². The average Bonchev–Trinajstić information content (AvgIpc) is 2.69. The van der Waals surface area contributed by atoms with E-state index in [0.29, 0.717) is 16.8 Å². The number of carbonyl (C=O) groups excluding carboxylic acids is 2. The van der Waals surface area contributed by atoms with Gasteiger partial charge in [-0.05, 0) is 42.0 Å². The van der Waals surface area contributed by atoms with Gasteiger partial charge in [-0.15, -0.1) is 0 Å². The average molecular weight is 377 g/mol. The van der Waals surface area contributed by atoms with E-state index in [1.54, 1.807) is 48.5 Å². The second-order valence-corrected chi connectivity index (χ2v) is 5.73. The van der Waals surface area contributed by atoms with E-state index in [-0.39, 0.29) is 11.3 Å². The summed E-state index contributed by atoms with van der Waals surface area (Å²) < 4.78 is 18.9. The third kappa shape index (κ3) is 4.59. The van der Waals surface area contributed by atoms with Crippen molar-refractivity contribution in [2.75, 3.05) is 5.73 Å². The number of ether oxygens (including phenoxy) is 1. The van der Waals surface area contributed by atoms with Crippen LogP contribution in [0.5, 0.6) is 5.75 Å². The number of halogens is 1. The zero-order chi connectivity index (χ0) is 19.9. The molecule has 0 saturated carbocycles. The summed E-state index contributed by atoms with van der Waals surface area (Å²) in [7, 11) is 0. The van der Waals surface area contributed by atoms with Gasteiger partial charge in [-0.3, -0.25) is 4.79 Å². The van der Waals surface area contributed by atoms with E-state index >= 15 is 0 Å². The van der Waals surface area contributed by atoms with Crippen molar-refractivity contribution in [1.29, 1.82) is 0 Å². The minimum absolute atomic E-state index is 0.158. The highest BCUT2D eigenvalue weighted by atomic mass is 19.1. The number of para-hydroxylation sites is 1. The Kier molecular flexibility index (Phi) is 5.76. The Morgan fingerprint density at radius 3 is 2.43 bits per heavy atom. The van der Waals surface area contributed by atoms with Gasteiger partial charge < -0.3 is 10.5 Å². The Bertz CT molecular complexity index is 1050. The quantitative estimate of drug-likeness (QED) is 0.234. The minimum Gasteiger partial charge on any atom is -0.423 e. The molecule has 0 heterocycles. The van der Waals surface area contributed by atoms with Crippen LogP contribution in [0, 0.1) is 5.82 Å². The van der Waals surface area contributed by atoms with Crippen molar-refractivity contribution >= 4 is 23.8 Å². The summed E-state index contributed by atoms with van der Waals surface area (Å²) in [5, 5.41) is 3.87. The summed E-state index contributed by atoms with van der Waals surface area (Å²) in [6, 6.07) is 18.6. The van der Waals surface area contributed by atoms with Crippen LogP contribution in [0.3, 0.4) is 0 Å². The molecule has 0 saturated heterocycles. The first-order valence-electron chi connectivity index (χ1n) is 8.29. The van der Waals surface area contributed by atoms with E-state index in [1.807, 2.05) is 0 Å². The van der Waals surface area contributed by atoms with Crippen LogP contribution in [-0.4, -0.2) is 18.1 Å². The standard InChI is InChI=1S/C21H16FN3O3/c22-18-10-3-1-8-16(18)21(27)28-15-7-5-6-14(12-15)13-24-25-20(26)17-9-2-4-11-19(17)23/h1-13H,23H2,(H,25,26)/b24-13-. The predicted octanol–water partition coefficient (Wildman–Crippen LogP) is 3.39. The van der Waals surface area contributed by atoms with Crippen molar-refractivity contribution in [2.45, 2.75) is 0 Å². The van der Waals surface area contributed by atoms with Gasteiger partial charge in [0.25, 0.3) is 5.91 Å². The maximum atomic E-state index is 13.7. The minimum atomic E-state index is -0.806. The van der Waals surface area contributed by atoms with Crippen LogP contribution in [0.25, 0.3) is 0 Å². The third-order valence-electron chi connectivity index (χ3n) is 3.75. The molecule has 6 nitrogen and oxygen atoms in total. The highest BCUT2D eigenvalue weighted by Crippen LogP contribution is 2.16. The molecule has 0 unspecified atom stereocenters. The second-order valence-electron chi connectivity index (χ2n) is 5.73. The van der Waals surface area contributed by atoms with Crippen LogP contribution in [0.1, 0.15) is 26.3 Å². The van der Waals surface area contributed by atoms with Crippen LogP contribution >= 0.6 is 0 Å². The number of carbonyl (C=O) groups is 2. The van der Waals surface area contributed by atoms with E-state index in [9.17, 15) is 14.0 Å². The van der Waals surface area contributed by atoms with Gasteiger partial charge in [0.2, 0.25) is 0 Å². The van der Waals surface area contributed by atoms with E-state index < -0.39 is 17.7 Å². The number of hydrazone groups is 1. The lowest BCUT2D eigenvalue weighted by atomic mass is 10.2. The van der Waals surface area contributed by atoms with Crippen LogP contribution in [0.15, 0.2) is 77.9 Å². The highest BCUT2D eigenvalue weighted by Gasteiger charge is 2.13. The van der Waals surface area contributed by atoms with Crippen LogP contribution in [0.2, 0.25) is 0 Å². The number of nitrogens with one attached hydrogen (secondary N) is 1. The molecule has 0 aliphatic rings. The molecule has 0 aliphatic carbocycles. The number of esters is 1. The molecule has 3 rings (SSSR count). The Morgan fingerprint density at radius 2 is 1.68 bits per heavy atom. The molecular weight excluding hydrogens is 361 g/mol. The molecule has 0 aliphatic heterocycles. The fourth-order valence-corrected chi connectivity index (χ4v) is 2.38. The summed E-state index contributed by atoms with van der Waals surface area (Å²) in [6.07, 6.45) is 1.39. The topological polar surface area (TPSA) is 93.8 Å². The first-order valence-corrected chi connectivity index (χ1v) is 8.29. The monoisotopic (exact) mass is 377 g/mol. The number of nitrogens with zero attached hydrogens (tertiary/aromatic N) is 1. The van der Waals surface area contributed by atoms with Crippen LogP contribution in [0.4, 0.5) is 10.1 Å². The van der Waals surface area contributed by atoms with Gasteiger partial charge in [0.15, 0.2) is 0 Å². The number of nitrogens with two attached hydrogens (primary N) is 1. The maximum absolute atomic E-state index is 13.7. The molecule has 0 bridgehead atoms. The van der Waals surface area contributed by atoms with Gasteiger partial charge in [-0.25, -0.2) is 14.6 Å². The van der Waals surface area contributed by atoms with Crippen molar-refractivity contribution in [3.63, 3.8) is 0 Å². The van der Waals surface area contributed by atoms with Gasteiger partial charge in [0.1, 0.15) is 11.6 Å². The SMILES string of the molecule is Nc1ccccc1C(=O)N/N=C\c1cccc(OC(=O)c2ccccc2F)c1. The Hall–Kier alpha value is -4.00. The first-order chi connectivity index (χ1) is 13.5. The van der Waals surface area contributed by atoms with Crippen molar-refractivity contribution in [1.82, 2.24) is 5.43 Å². The summed E-state index contributed by atoms with van der Waals surface area (Å²) in [6.45, 7) is 0. The molecule has 3 aromatic rings. The highest BCUT2D eigenvalue weighted by molar-refractivity contribution is 5.99. The maximum Gasteiger partial charge on any atom is 0.346 e. The molecule has 0 spiro atoms. The Labute approximate surface area is 160 Å². The lowest BCUT2D eigenvalue weighted by Gasteiger charge is -2.06. The summed E-state index contributed by atoms with van der Waals surface area (Å²) in [4.78, 5) is 24.1. The van der Waals surface area contributed by atoms with Crippen LogP contribution in [-0.2, 0) is 0 Å². The smallest absolute Gasteiger partial charge is 0.346 e. The second kappa shape index (κ2) is 8.59. The Morgan fingerprint density at radius 1 is 0.964 bits per heavy atom. The van der Waals surface area contributed by atoms with Crippen molar-refractivity contribution in [3.05, 3.63) is 95.3 Å². The van der Waals surface area contributed by atoms with Gasteiger partial charge in [0, 0.05) is 5.69 Å². The van der Waals surface area contributed by atoms with Gasteiger partial charge in [-0.2, -0.15) is 5.10 Å². The number of hydrogen-bond acceptors (Lipinski definition) is 5. The number of hydrogen-bond donors (Lipinski definition) is 2. The molecule has 0 aromatic heterocycles. The molecule has 1 amide bonds. The van der Waals surface area contributed by atoms with Crippen LogP contribution < -0.4 is 15.9 Å². The molecule has 28 heavy (non-hydrogen) atoms. The zero-order valence-electron chi connectivity index (χ0n) is 14.6. The Balaban J connectivity index is 1.66. The van der Waals surface area contributed by atoms with Crippen molar-refractivity contribution in [3.8, 4) is 5.75 Å². The molecule has 140 valence electrons. The largest absolute Gasteiger partial charge is 0.423 e. The van der Waals surface area contributed by atoms with Gasteiger partial charge >= 0.3 is 5.97 Å². The lowest BCUT2D eigenvalue weighted by Crippen LogP contribution is -2.19. The molecule has 7 heteroatoms. The number of rotatable bonds is 5. The van der Waals surface area contributed by atoms with Crippen molar-refractivity contribution < 1.29 is 18.7 Å². The lowest BCUT2D eigenvalue weighted by molar-refractivity contribution is 0.0729. The third-order valence-corrected chi connectivity index (χ3v) is 3.75. The predicted molar refractivity (Wildman–Crippen MR) is 104 cm³/mol. The molecule has 0 atom stereocenters. The summed E-state index contributed by atoms with van der Waals surface area (Å²) in [5.41, 5.74) is 9.18. The van der Waals surface area contributed by atoms with Gasteiger partial charge in [0.05, 0.1) is 17.3 Å². The van der Waals surface area contributed by atoms with E-state index in [0.717, 1.165) is 0 Å². The number of anilines is 1. The number of benzene rings is 3. The molecule has 0 radical (unpaired) electrons. The molecule has 0 fully saturated rings. The van der Waals surface area contributed by atoms with E-state index in [1.165, 1.54) is 30.5 Å². The summed E-state index contributed by atoms with van der Waals surface area (Å²) >= 11 is 0. The van der Waals surface area contributed by atoms with Gasteiger partial charge in [-0.1, -0.05) is 36.4 Å². The molecular formula is C21H16FN3O3. The number of amides is 1. The number of nitrogen functional groups attached to an aromatic ring is 1. The summed E-state index contributed by atoms with van der Waals surface area (Å²) in [5.74, 6) is -1.69. The zero-order valence-corrected chi connectivity index (χ0v) is 14.6. The normalized spacial score (nSPS) is 10.6. The fourth-order valence-electron chi connectivity index (χ4n) is 2.38. The fraction of sp³-hybridized carbons (Fsp3) is 0. The first kappa shape index (κ1) is 18.8. The van der Waals surface area contributed by atoms with Crippen molar-refractivity contribution in [2.24, 2.45) is 5.10 Å².